The topological polar surface area (TPSA) is 79.2 Å². The highest BCUT2D eigenvalue weighted by Crippen LogP contribution is 2.16. The third-order valence-electron chi connectivity index (χ3n) is 4.22. The van der Waals surface area contributed by atoms with Crippen molar-refractivity contribution in [3.05, 3.63) is 76.9 Å². The van der Waals surface area contributed by atoms with Gasteiger partial charge in [0.2, 0.25) is 0 Å². The third-order valence-corrected chi connectivity index (χ3v) is 4.22. The summed E-state index contributed by atoms with van der Waals surface area (Å²) in [6, 6.07) is 18.9. The molecule has 2 aromatic carbocycles. The predicted molar refractivity (Wildman–Crippen MR) is 108 cm³/mol. The molecule has 0 saturated heterocycles. The summed E-state index contributed by atoms with van der Waals surface area (Å²) in [6.45, 7) is 6.00. The molecule has 1 amide bonds. The van der Waals surface area contributed by atoms with Gasteiger partial charge >= 0.3 is 5.97 Å². The van der Waals surface area contributed by atoms with Crippen molar-refractivity contribution in [2.24, 2.45) is 0 Å². The van der Waals surface area contributed by atoms with Gasteiger partial charge < -0.3 is 10.1 Å². The maximum atomic E-state index is 12.2. The van der Waals surface area contributed by atoms with Gasteiger partial charge in [-0.2, -0.15) is 5.26 Å². The van der Waals surface area contributed by atoms with Crippen molar-refractivity contribution >= 4 is 18.0 Å². The van der Waals surface area contributed by atoms with Crippen LogP contribution in [0, 0.1) is 11.3 Å². The normalized spacial score (nSPS) is 12.2. The zero-order chi connectivity index (χ0) is 20.5. The molecule has 0 heterocycles. The summed E-state index contributed by atoms with van der Waals surface area (Å²) in [4.78, 5) is 24.4. The number of ether oxygens (including phenoxy) is 1. The maximum Gasteiger partial charge on any atom is 0.349 e. The number of benzene rings is 2. The van der Waals surface area contributed by atoms with Crippen LogP contribution in [-0.4, -0.2) is 18.0 Å². The van der Waals surface area contributed by atoms with E-state index in [0.717, 1.165) is 11.1 Å². The van der Waals surface area contributed by atoms with E-state index in [0.29, 0.717) is 12.5 Å². The predicted octanol–water partition coefficient (Wildman–Crippen LogP) is 3.97. The molecule has 0 aliphatic heterocycles. The molecule has 0 aliphatic rings. The van der Waals surface area contributed by atoms with Crippen LogP contribution in [0.3, 0.4) is 0 Å². The molecule has 5 nitrogen and oxygen atoms in total. The quantitative estimate of drug-likeness (QED) is 0.451. The molecule has 0 spiro atoms. The maximum absolute atomic E-state index is 12.2. The molecule has 2 rings (SSSR count). The fourth-order valence-corrected chi connectivity index (χ4v) is 2.49. The lowest BCUT2D eigenvalue weighted by molar-refractivity contribution is -0.150. The number of nitriles is 1. The average molecular weight is 376 g/mol. The van der Waals surface area contributed by atoms with E-state index in [-0.39, 0.29) is 5.57 Å². The number of carbonyl (C=O) groups excluding carboxylic acids is 2. The Labute approximate surface area is 165 Å². The number of carbonyl (C=O) groups is 2. The lowest BCUT2D eigenvalue weighted by Gasteiger charge is -2.13. The van der Waals surface area contributed by atoms with E-state index >= 15 is 0 Å². The minimum Gasteiger partial charge on any atom is -0.448 e. The Morgan fingerprint density at radius 2 is 1.71 bits per heavy atom. The molecule has 2 aromatic rings. The molecule has 0 fully saturated rings. The minimum absolute atomic E-state index is 0.153. The Hall–Kier alpha value is -3.39. The molecule has 0 radical (unpaired) electrons. The van der Waals surface area contributed by atoms with Crippen molar-refractivity contribution in [2.75, 3.05) is 0 Å². The Kier molecular flexibility index (Phi) is 7.53. The number of nitrogens with one attached hydrogen (secondary N) is 1. The van der Waals surface area contributed by atoms with E-state index in [1.165, 1.54) is 18.6 Å². The largest absolute Gasteiger partial charge is 0.448 e. The SMILES string of the molecule is CC(C)c1ccc(/C=C(\C#N)C(=O)O[C@H](C)C(=O)NCc2ccccc2)cc1. The Morgan fingerprint density at radius 1 is 1.07 bits per heavy atom. The average Bonchev–Trinajstić information content (AvgIpc) is 2.71. The molecule has 1 N–H and O–H groups in total. The number of esters is 1. The van der Waals surface area contributed by atoms with Gasteiger partial charge in [-0.25, -0.2) is 4.79 Å². The van der Waals surface area contributed by atoms with Crippen molar-refractivity contribution in [3.63, 3.8) is 0 Å². The summed E-state index contributed by atoms with van der Waals surface area (Å²) in [7, 11) is 0. The number of rotatable bonds is 7. The van der Waals surface area contributed by atoms with Crippen molar-refractivity contribution in [1.29, 1.82) is 5.26 Å². The van der Waals surface area contributed by atoms with Gasteiger partial charge in [-0.05, 0) is 35.6 Å². The summed E-state index contributed by atoms with van der Waals surface area (Å²) in [5.74, 6) is -0.845. The van der Waals surface area contributed by atoms with Crippen molar-refractivity contribution in [2.45, 2.75) is 39.3 Å². The molecule has 1 atom stereocenters. The highest BCUT2D eigenvalue weighted by atomic mass is 16.5. The molecule has 0 aliphatic carbocycles. The van der Waals surface area contributed by atoms with Crippen molar-refractivity contribution < 1.29 is 14.3 Å². The molecular formula is C23H24N2O3. The van der Waals surface area contributed by atoms with E-state index < -0.39 is 18.0 Å². The number of amides is 1. The number of hydrogen-bond acceptors (Lipinski definition) is 4. The Bertz CT molecular complexity index is 878. The highest BCUT2D eigenvalue weighted by molar-refractivity contribution is 5.99. The zero-order valence-electron chi connectivity index (χ0n) is 16.3. The van der Waals surface area contributed by atoms with E-state index in [4.69, 9.17) is 4.74 Å². The second kappa shape index (κ2) is 10.1. The molecule has 0 unspecified atom stereocenters. The monoisotopic (exact) mass is 376 g/mol. The van der Waals surface area contributed by atoms with Crippen molar-refractivity contribution in [1.82, 2.24) is 5.32 Å². The summed E-state index contributed by atoms with van der Waals surface area (Å²) < 4.78 is 5.15. The highest BCUT2D eigenvalue weighted by Gasteiger charge is 2.20. The summed E-state index contributed by atoms with van der Waals surface area (Å²) >= 11 is 0. The first-order valence-corrected chi connectivity index (χ1v) is 9.15. The zero-order valence-corrected chi connectivity index (χ0v) is 16.3. The fraction of sp³-hybridized carbons (Fsp3) is 0.261. The minimum atomic E-state index is -1.00. The number of nitrogens with zero attached hydrogens (tertiary/aromatic N) is 1. The Morgan fingerprint density at radius 3 is 2.29 bits per heavy atom. The van der Waals surface area contributed by atoms with Gasteiger partial charge in [0.05, 0.1) is 0 Å². The van der Waals surface area contributed by atoms with Gasteiger partial charge in [0.15, 0.2) is 6.10 Å². The van der Waals surface area contributed by atoms with Crippen LogP contribution in [0.25, 0.3) is 6.08 Å². The summed E-state index contributed by atoms with van der Waals surface area (Å²) in [6.07, 6.45) is 0.456. The fourth-order valence-electron chi connectivity index (χ4n) is 2.49. The van der Waals surface area contributed by atoms with E-state index in [2.05, 4.69) is 19.2 Å². The van der Waals surface area contributed by atoms with Gasteiger partial charge in [-0.1, -0.05) is 68.4 Å². The van der Waals surface area contributed by atoms with E-state index in [9.17, 15) is 14.9 Å². The van der Waals surface area contributed by atoms with E-state index in [1.54, 1.807) is 0 Å². The number of hydrogen-bond donors (Lipinski definition) is 1. The molecule has 144 valence electrons. The third kappa shape index (κ3) is 6.10. The molecule has 5 heteroatoms. The summed E-state index contributed by atoms with van der Waals surface area (Å²) in [5.41, 5.74) is 2.68. The van der Waals surface area contributed by atoms with Gasteiger partial charge in [0.1, 0.15) is 11.6 Å². The lowest BCUT2D eigenvalue weighted by Crippen LogP contribution is -2.35. The smallest absolute Gasteiger partial charge is 0.349 e. The van der Waals surface area contributed by atoms with Gasteiger partial charge in [0, 0.05) is 6.54 Å². The van der Waals surface area contributed by atoms with Gasteiger partial charge in [0.25, 0.3) is 5.91 Å². The van der Waals surface area contributed by atoms with Crippen LogP contribution < -0.4 is 5.32 Å². The molecule has 0 aromatic heterocycles. The van der Waals surface area contributed by atoms with Gasteiger partial charge in [-0.3, -0.25) is 4.79 Å². The van der Waals surface area contributed by atoms with Crippen LogP contribution in [0.4, 0.5) is 0 Å². The van der Waals surface area contributed by atoms with Crippen LogP contribution in [0.1, 0.15) is 43.4 Å². The van der Waals surface area contributed by atoms with E-state index in [1.807, 2.05) is 60.7 Å². The van der Waals surface area contributed by atoms with Crippen LogP contribution in [0.15, 0.2) is 60.2 Å². The first-order chi connectivity index (χ1) is 13.4. The first-order valence-electron chi connectivity index (χ1n) is 9.15. The second-order valence-corrected chi connectivity index (χ2v) is 6.74. The first kappa shape index (κ1) is 20.9. The second-order valence-electron chi connectivity index (χ2n) is 6.74. The molecule has 0 saturated carbocycles. The lowest BCUT2D eigenvalue weighted by atomic mass is 10.0. The summed E-state index contributed by atoms with van der Waals surface area (Å²) in [5, 5.41) is 12.0. The molecule has 0 bridgehead atoms. The van der Waals surface area contributed by atoms with Crippen LogP contribution in [-0.2, 0) is 20.9 Å². The van der Waals surface area contributed by atoms with Crippen molar-refractivity contribution in [3.8, 4) is 6.07 Å². The molecular weight excluding hydrogens is 352 g/mol. The standard InChI is InChI=1S/C23H24N2O3/c1-16(2)20-11-9-18(10-12-20)13-21(14-24)23(27)28-17(3)22(26)25-15-19-7-5-4-6-8-19/h4-13,16-17H,15H2,1-3H3,(H,25,26)/b21-13+/t17-/m1/s1. The Balaban J connectivity index is 1.96. The van der Waals surface area contributed by atoms with Crippen LogP contribution in [0.2, 0.25) is 0 Å². The van der Waals surface area contributed by atoms with Crippen LogP contribution >= 0.6 is 0 Å². The molecule has 28 heavy (non-hydrogen) atoms. The van der Waals surface area contributed by atoms with Crippen LogP contribution in [0.5, 0.6) is 0 Å². The van der Waals surface area contributed by atoms with Gasteiger partial charge in [-0.15, -0.1) is 0 Å².